The van der Waals surface area contributed by atoms with Crippen molar-refractivity contribution >= 4 is 23.1 Å². The van der Waals surface area contributed by atoms with Crippen LogP contribution in [-0.4, -0.2) is 4.98 Å². The van der Waals surface area contributed by atoms with Crippen LogP contribution < -0.4 is 5.32 Å². The number of halogens is 6. The van der Waals surface area contributed by atoms with E-state index in [0.29, 0.717) is 0 Å². The number of anilines is 2. The number of pyridine rings is 1. The number of nitrogens with zero attached hydrogens (tertiary/aromatic N) is 1. The molecule has 0 fully saturated rings. The van der Waals surface area contributed by atoms with Crippen molar-refractivity contribution in [3.05, 3.63) is 52.4 Å². The van der Waals surface area contributed by atoms with Crippen molar-refractivity contribution in [3.8, 4) is 0 Å². The largest absolute Gasteiger partial charge is 0.335 e. The SMILES string of the molecule is Fc1c(F)c(F)c(Nc2cccc(Cl)n2)c(F)c1F. The minimum Gasteiger partial charge on any atom is -0.335 e. The van der Waals surface area contributed by atoms with Gasteiger partial charge < -0.3 is 5.32 Å². The van der Waals surface area contributed by atoms with Gasteiger partial charge in [0.1, 0.15) is 16.7 Å². The summed E-state index contributed by atoms with van der Waals surface area (Å²) in [4.78, 5) is 3.61. The highest BCUT2D eigenvalue weighted by atomic mass is 35.5. The first-order valence-electron chi connectivity index (χ1n) is 4.83. The average Bonchev–Trinajstić information content (AvgIpc) is 2.39. The molecule has 0 aliphatic carbocycles. The van der Waals surface area contributed by atoms with E-state index >= 15 is 0 Å². The van der Waals surface area contributed by atoms with Gasteiger partial charge >= 0.3 is 0 Å². The van der Waals surface area contributed by atoms with Crippen molar-refractivity contribution in [3.63, 3.8) is 0 Å². The van der Waals surface area contributed by atoms with Crippen LogP contribution in [0.4, 0.5) is 33.5 Å². The number of benzene rings is 1. The molecule has 1 heterocycles. The van der Waals surface area contributed by atoms with Gasteiger partial charge in [0.05, 0.1) is 0 Å². The van der Waals surface area contributed by atoms with Gasteiger partial charge in [0, 0.05) is 0 Å². The summed E-state index contributed by atoms with van der Waals surface area (Å²) in [6.45, 7) is 0. The summed E-state index contributed by atoms with van der Waals surface area (Å²) in [7, 11) is 0. The van der Waals surface area contributed by atoms with Gasteiger partial charge in [-0.1, -0.05) is 17.7 Å². The second kappa shape index (κ2) is 5.00. The fourth-order valence-corrected chi connectivity index (χ4v) is 1.48. The Morgan fingerprint density at radius 3 is 1.89 bits per heavy atom. The minimum atomic E-state index is -2.22. The van der Waals surface area contributed by atoms with Crippen LogP contribution in [0, 0.1) is 29.1 Å². The van der Waals surface area contributed by atoms with Crippen LogP contribution >= 0.6 is 11.6 Å². The molecule has 100 valence electrons. The number of aromatic nitrogens is 1. The second-order valence-electron chi connectivity index (χ2n) is 3.42. The quantitative estimate of drug-likeness (QED) is 0.389. The van der Waals surface area contributed by atoms with Gasteiger partial charge in [-0.25, -0.2) is 26.9 Å². The van der Waals surface area contributed by atoms with E-state index in [1.807, 2.05) is 5.32 Å². The monoisotopic (exact) mass is 294 g/mol. The maximum Gasteiger partial charge on any atom is 0.200 e. The molecule has 0 amide bonds. The predicted octanol–water partition coefficient (Wildman–Crippen LogP) is 4.17. The molecule has 0 saturated carbocycles. The molecule has 1 N–H and O–H groups in total. The molecule has 2 aromatic rings. The third-order valence-corrected chi connectivity index (χ3v) is 2.39. The zero-order valence-electron chi connectivity index (χ0n) is 8.95. The number of nitrogens with one attached hydrogen (secondary N) is 1. The Morgan fingerprint density at radius 2 is 1.37 bits per heavy atom. The maximum atomic E-state index is 13.3. The highest BCUT2D eigenvalue weighted by molar-refractivity contribution is 6.29. The Hall–Kier alpha value is -1.89. The lowest BCUT2D eigenvalue weighted by Crippen LogP contribution is -2.07. The lowest BCUT2D eigenvalue weighted by Gasteiger charge is -2.10. The van der Waals surface area contributed by atoms with Crippen molar-refractivity contribution in [2.75, 3.05) is 5.32 Å². The predicted molar refractivity (Wildman–Crippen MR) is 58.8 cm³/mol. The van der Waals surface area contributed by atoms with Crippen LogP contribution in [0.15, 0.2) is 18.2 Å². The zero-order valence-corrected chi connectivity index (χ0v) is 9.70. The molecule has 2 nitrogen and oxygen atoms in total. The normalized spacial score (nSPS) is 10.6. The summed E-state index contributed by atoms with van der Waals surface area (Å²) in [6, 6.07) is 4.03. The third kappa shape index (κ3) is 2.46. The summed E-state index contributed by atoms with van der Waals surface area (Å²) < 4.78 is 65.4. The Labute approximate surface area is 108 Å². The lowest BCUT2D eigenvalue weighted by molar-refractivity contribution is 0.382. The molecule has 1 aromatic carbocycles. The zero-order chi connectivity index (χ0) is 14.2. The van der Waals surface area contributed by atoms with Crippen LogP contribution in [0.5, 0.6) is 0 Å². The number of rotatable bonds is 2. The van der Waals surface area contributed by atoms with Crippen molar-refractivity contribution in [2.24, 2.45) is 0 Å². The highest BCUT2D eigenvalue weighted by Crippen LogP contribution is 2.29. The van der Waals surface area contributed by atoms with E-state index in [0.717, 1.165) is 0 Å². The third-order valence-electron chi connectivity index (χ3n) is 2.18. The maximum absolute atomic E-state index is 13.3. The van der Waals surface area contributed by atoms with Crippen molar-refractivity contribution in [1.82, 2.24) is 4.98 Å². The summed E-state index contributed by atoms with van der Waals surface area (Å²) in [5, 5.41) is 1.99. The average molecular weight is 295 g/mol. The van der Waals surface area contributed by atoms with Crippen LogP contribution in [0.3, 0.4) is 0 Å². The van der Waals surface area contributed by atoms with E-state index in [-0.39, 0.29) is 11.0 Å². The van der Waals surface area contributed by atoms with Crippen LogP contribution in [0.2, 0.25) is 5.15 Å². The molecule has 0 aliphatic rings. The van der Waals surface area contributed by atoms with E-state index < -0.39 is 34.8 Å². The molecule has 0 atom stereocenters. The second-order valence-corrected chi connectivity index (χ2v) is 3.80. The molecule has 19 heavy (non-hydrogen) atoms. The molecule has 8 heteroatoms. The van der Waals surface area contributed by atoms with Gasteiger partial charge in [-0.05, 0) is 12.1 Å². The van der Waals surface area contributed by atoms with Crippen molar-refractivity contribution in [2.45, 2.75) is 0 Å². The Kier molecular flexibility index (Phi) is 3.57. The van der Waals surface area contributed by atoms with Crippen molar-refractivity contribution < 1.29 is 22.0 Å². The molecule has 0 aliphatic heterocycles. The molecule has 1 aromatic heterocycles. The first kappa shape index (κ1) is 13.5. The van der Waals surface area contributed by atoms with Gasteiger partial charge in [-0.15, -0.1) is 0 Å². The molecule has 0 saturated heterocycles. The fraction of sp³-hybridized carbons (Fsp3) is 0. The molecular formula is C11H4ClF5N2. The Bertz CT molecular complexity index is 618. The van der Waals surface area contributed by atoms with Gasteiger partial charge in [0.15, 0.2) is 23.3 Å². The number of hydrogen-bond donors (Lipinski definition) is 1. The molecular weight excluding hydrogens is 291 g/mol. The van der Waals surface area contributed by atoms with Gasteiger partial charge in [0.25, 0.3) is 0 Å². The first-order valence-corrected chi connectivity index (χ1v) is 5.20. The smallest absolute Gasteiger partial charge is 0.200 e. The Balaban J connectivity index is 2.52. The fourth-order valence-electron chi connectivity index (χ4n) is 1.32. The van der Waals surface area contributed by atoms with E-state index in [9.17, 15) is 22.0 Å². The lowest BCUT2D eigenvalue weighted by atomic mass is 10.2. The topological polar surface area (TPSA) is 24.9 Å². The van der Waals surface area contributed by atoms with E-state index in [4.69, 9.17) is 11.6 Å². The van der Waals surface area contributed by atoms with Crippen LogP contribution in [0.25, 0.3) is 0 Å². The van der Waals surface area contributed by atoms with Crippen LogP contribution in [0.1, 0.15) is 0 Å². The van der Waals surface area contributed by atoms with Gasteiger partial charge in [-0.3, -0.25) is 0 Å². The minimum absolute atomic E-state index is 0.00567. The van der Waals surface area contributed by atoms with Crippen LogP contribution in [-0.2, 0) is 0 Å². The van der Waals surface area contributed by atoms with E-state index in [2.05, 4.69) is 4.98 Å². The Morgan fingerprint density at radius 1 is 0.842 bits per heavy atom. The summed E-state index contributed by atoms with van der Waals surface area (Å²) >= 11 is 5.53. The molecule has 0 unspecified atom stereocenters. The molecule has 2 rings (SSSR count). The first-order chi connectivity index (χ1) is 8.91. The van der Waals surface area contributed by atoms with Gasteiger partial charge in [-0.2, -0.15) is 0 Å². The highest BCUT2D eigenvalue weighted by Gasteiger charge is 2.25. The van der Waals surface area contributed by atoms with E-state index in [1.54, 1.807) is 0 Å². The summed E-state index contributed by atoms with van der Waals surface area (Å²) in [5.74, 6) is -10.4. The number of hydrogen-bond acceptors (Lipinski definition) is 2. The molecule has 0 bridgehead atoms. The standard InChI is InChI=1S/C11H4ClF5N2/c12-4-2-1-3-5(18-4)19-11-9(16)7(14)6(13)8(15)10(11)17/h1-3H,(H,18,19). The molecule has 0 spiro atoms. The summed E-state index contributed by atoms with van der Waals surface area (Å²) in [5.41, 5.74) is -1.19. The summed E-state index contributed by atoms with van der Waals surface area (Å²) in [6.07, 6.45) is 0. The van der Waals surface area contributed by atoms with Gasteiger partial charge in [0.2, 0.25) is 5.82 Å². The van der Waals surface area contributed by atoms with E-state index in [1.165, 1.54) is 18.2 Å². The molecule has 0 radical (unpaired) electrons. The van der Waals surface area contributed by atoms with Crippen molar-refractivity contribution in [1.29, 1.82) is 0 Å².